The number of nitrogens with zero attached hydrogens (tertiary/aromatic N) is 1. The third-order valence-electron chi connectivity index (χ3n) is 2.67. The predicted molar refractivity (Wildman–Crippen MR) is 63.0 cm³/mol. The van der Waals surface area contributed by atoms with Gasteiger partial charge < -0.3 is 9.84 Å². The number of ether oxygens (including phenoxy) is 1. The number of rotatable bonds is 6. The molecule has 0 bridgehead atoms. The summed E-state index contributed by atoms with van der Waals surface area (Å²) >= 11 is 1.20. The summed E-state index contributed by atoms with van der Waals surface area (Å²) in [6.07, 6.45) is 3.00. The minimum absolute atomic E-state index is 0.265. The first-order chi connectivity index (χ1) is 7.59. The molecule has 0 atom stereocenters. The monoisotopic (exact) mass is 243 g/mol. The van der Waals surface area contributed by atoms with Crippen LogP contribution in [-0.4, -0.2) is 22.7 Å². The molecule has 0 spiro atoms. The number of carboxylic acid groups (broad SMARTS) is 1. The van der Waals surface area contributed by atoms with Crippen molar-refractivity contribution >= 4 is 17.3 Å². The van der Waals surface area contributed by atoms with Gasteiger partial charge >= 0.3 is 5.97 Å². The number of hydrogen-bond acceptors (Lipinski definition) is 4. The fraction of sp³-hybridized carbons (Fsp3) is 0.636. The largest absolute Gasteiger partial charge is 0.477 e. The highest BCUT2D eigenvalue weighted by Crippen LogP contribution is 2.35. The van der Waals surface area contributed by atoms with E-state index in [2.05, 4.69) is 4.98 Å². The Hall–Kier alpha value is -0.940. The molecule has 0 aliphatic carbocycles. The molecule has 1 heterocycles. The Morgan fingerprint density at radius 2 is 2.12 bits per heavy atom. The molecule has 0 saturated heterocycles. The van der Waals surface area contributed by atoms with E-state index in [-0.39, 0.29) is 4.88 Å². The highest BCUT2D eigenvalue weighted by Gasteiger charge is 2.32. The Kier molecular flexibility index (Phi) is 4.44. The van der Waals surface area contributed by atoms with Crippen LogP contribution in [0.4, 0.5) is 0 Å². The molecule has 0 saturated carbocycles. The minimum Gasteiger partial charge on any atom is -0.477 e. The van der Waals surface area contributed by atoms with Gasteiger partial charge in [-0.25, -0.2) is 9.78 Å². The van der Waals surface area contributed by atoms with Crippen LogP contribution in [0.5, 0.6) is 0 Å². The summed E-state index contributed by atoms with van der Waals surface area (Å²) in [5.74, 6) is -0.929. The van der Waals surface area contributed by atoms with Gasteiger partial charge in [0.25, 0.3) is 0 Å². The first-order valence-electron chi connectivity index (χ1n) is 5.43. The Balaban J connectivity index is 3.05. The molecule has 0 aliphatic rings. The molecule has 0 aromatic carbocycles. The number of aromatic carboxylic acids is 1. The van der Waals surface area contributed by atoms with E-state index in [1.807, 2.05) is 20.8 Å². The van der Waals surface area contributed by atoms with E-state index in [0.717, 1.165) is 17.8 Å². The molecule has 0 unspecified atom stereocenters. The lowest BCUT2D eigenvalue weighted by Gasteiger charge is -2.29. The second kappa shape index (κ2) is 5.41. The number of carboxylic acids is 1. The molecule has 4 nitrogen and oxygen atoms in total. The van der Waals surface area contributed by atoms with Crippen molar-refractivity contribution in [3.05, 3.63) is 16.1 Å². The van der Waals surface area contributed by atoms with Crippen LogP contribution in [0.3, 0.4) is 0 Å². The molecule has 1 aromatic heterocycles. The maximum atomic E-state index is 10.8. The van der Waals surface area contributed by atoms with Crippen LogP contribution in [0.15, 0.2) is 6.20 Å². The molecule has 0 amide bonds. The predicted octanol–water partition coefficient (Wildman–Crippen LogP) is 2.89. The zero-order valence-electron chi connectivity index (χ0n) is 9.82. The molecule has 1 rings (SSSR count). The fourth-order valence-corrected chi connectivity index (χ4v) is 2.72. The first kappa shape index (κ1) is 13.1. The Morgan fingerprint density at radius 1 is 1.50 bits per heavy atom. The van der Waals surface area contributed by atoms with E-state index in [0.29, 0.717) is 6.61 Å². The van der Waals surface area contributed by atoms with Crippen LogP contribution >= 0.6 is 11.3 Å². The third-order valence-corrected chi connectivity index (χ3v) is 3.84. The van der Waals surface area contributed by atoms with Gasteiger partial charge in [0.1, 0.15) is 15.5 Å². The lowest BCUT2D eigenvalue weighted by atomic mass is 9.98. The Morgan fingerprint density at radius 3 is 2.50 bits per heavy atom. The summed E-state index contributed by atoms with van der Waals surface area (Å²) in [5.41, 5.74) is -0.423. The third kappa shape index (κ3) is 2.41. The molecule has 16 heavy (non-hydrogen) atoms. The summed E-state index contributed by atoms with van der Waals surface area (Å²) in [5, 5.41) is 9.63. The van der Waals surface area contributed by atoms with Crippen molar-refractivity contribution < 1.29 is 14.6 Å². The van der Waals surface area contributed by atoms with Gasteiger partial charge in [0.15, 0.2) is 0 Å². The summed E-state index contributed by atoms with van der Waals surface area (Å²) in [7, 11) is 0. The second-order valence-electron chi connectivity index (χ2n) is 3.47. The van der Waals surface area contributed by atoms with Crippen molar-refractivity contribution in [2.45, 2.75) is 39.2 Å². The summed E-state index contributed by atoms with van der Waals surface area (Å²) in [4.78, 5) is 15.3. The smallest absolute Gasteiger partial charge is 0.347 e. The molecule has 90 valence electrons. The van der Waals surface area contributed by atoms with E-state index in [4.69, 9.17) is 9.84 Å². The second-order valence-corrected chi connectivity index (χ2v) is 4.50. The van der Waals surface area contributed by atoms with Gasteiger partial charge in [0, 0.05) is 6.61 Å². The van der Waals surface area contributed by atoms with Crippen LogP contribution in [0.1, 0.15) is 48.3 Å². The fourth-order valence-electron chi connectivity index (χ4n) is 1.68. The number of carbonyl (C=O) groups is 1. The molecule has 0 radical (unpaired) electrons. The van der Waals surface area contributed by atoms with E-state index >= 15 is 0 Å². The normalized spacial score (nSPS) is 11.7. The van der Waals surface area contributed by atoms with Crippen molar-refractivity contribution in [3.8, 4) is 0 Å². The molecular weight excluding hydrogens is 226 g/mol. The van der Waals surface area contributed by atoms with Crippen molar-refractivity contribution in [3.63, 3.8) is 0 Å². The highest BCUT2D eigenvalue weighted by molar-refractivity contribution is 7.13. The Bertz CT molecular complexity index is 358. The molecular formula is C11H17NO3S. The van der Waals surface area contributed by atoms with E-state index in [1.165, 1.54) is 17.5 Å². The molecule has 5 heteroatoms. The van der Waals surface area contributed by atoms with E-state index in [9.17, 15) is 4.79 Å². The van der Waals surface area contributed by atoms with Crippen molar-refractivity contribution in [1.82, 2.24) is 4.98 Å². The van der Waals surface area contributed by atoms with Gasteiger partial charge in [-0.05, 0) is 19.8 Å². The lowest BCUT2D eigenvalue weighted by Crippen LogP contribution is -2.28. The quantitative estimate of drug-likeness (QED) is 0.834. The molecule has 0 fully saturated rings. The average molecular weight is 243 g/mol. The minimum atomic E-state index is -0.929. The summed E-state index contributed by atoms with van der Waals surface area (Å²) in [6.45, 7) is 6.59. The summed E-state index contributed by atoms with van der Waals surface area (Å²) in [6, 6.07) is 0. The Labute approximate surface area is 99.3 Å². The highest BCUT2D eigenvalue weighted by atomic mass is 32.1. The van der Waals surface area contributed by atoms with Crippen LogP contribution in [0.2, 0.25) is 0 Å². The van der Waals surface area contributed by atoms with E-state index in [1.54, 1.807) is 0 Å². The van der Waals surface area contributed by atoms with Crippen molar-refractivity contribution in [2.75, 3.05) is 6.61 Å². The van der Waals surface area contributed by atoms with Crippen LogP contribution in [-0.2, 0) is 10.3 Å². The SMILES string of the molecule is CCOC(CC)(CC)c1ncc(C(=O)O)s1. The van der Waals surface area contributed by atoms with Crippen LogP contribution < -0.4 is 0 Å². The zero-order chi connectivity index (χ0) is 12.2. The molecule has 0 aliphatic heterocycles. The van der Waals surface area contributed by atoms with Crippen molar-refractivity contribution in [1.29, 1.82) is 0 Å². The van der Waals surface area contributed by atoms with Gasteiger partial charge in [0.05, 0.1) is 6.20 Å². The number of aromatic nitrogens is 1. The van der Waals surface area contributed by atoms with Gasteiger partial charge in [-0.1, -0.05) is 13.8 Å². The van der Waals surface area contributed by atoms with Gasteiger partial charge in [0.2, 0.25) is 0 Å². The van der Waals surface area contributed by atoms with E-state index < -0.39 is 11.6 Å². The van der Waals surface area contributed by atoms with Crippen LogP contribution in [0.25, 0.3) is 0 Å². The zero-order valence-corrected chi connectivity index (χ0v) is 10.6. The van der Waals surface area contributed by atoms with Crippen LogP contribution in [0, 0.1) is 0 Å². The topological polar surface area (TPSA) is 59.4 Å². The van der Waals surface area contributed by atoms with Crippen molar-refractivity contribution in [2.24, 2.45) is 0 Å². The average Bonchev–Trinajstić information content (AvgIpc) is 2.76. The molecule has 1 aromatic rings. The summed E-state index contributed by atoms with van der Waals surface area (Å²) < 4.78 is 5.76. The van der Waals surface area contributed by atoms with Gasteiger partial charge in [-0.2, -0.15) is 0 Å². The number of hydrogen-bond donors (Lipinski definition) is 1. The van der Waals surface area contributed by atoms with Gasteiger partial charge in [-0.3, -0.25) is 0 Å². The maximum Gasteiger partial charge on any atom is 0.347 e. The lowest BCUT2D eigenvalue weighted by molar-refractivity contribution is -0.0506. The van der Waals surface area contributed by atoms with Gasteiger partial charge in [-0.15, -0.1) is 11.3 Å². The number of thiazole rings is 1. The molecule has 1 N–H and O–H groups in total. The first-order valence-corrected chi connectivity index (χ1v) is 6.24. The maximum absolute atomic E-state index is 10.8. The standard InChI is InChI=1S/C11H17NO3S/c1-4-11(5-2,15-6-3)10-12-7-8(16-10)9(13)14/h7H,4-6H2,1-3H3,(H,13,14).